The lowest BCUT2D eigenvalue weighted by Gasteiger charge is -2.24. The Hall–Kier alpha value is -2.81. The number of hydrogen-bond acceptors (Lipinski definition) is 6. The maximum atomic E-state index is 12.4. The van der Waals surface area contributed by atoms with Crippen molar-refractivity contribution in [3.05, 3.63) is 52.9 Å². The molecule has 0 bridgehead atoms. The summed E-state index contributed by atoms with van der Waals surface area (Å²) in [6, 6.07) is 3.59. The molecule has 0 aromatic carbocycles. The molecule has 1 unspecified atom stereocenters. The standard InChI is InChI=1S/C20H26N8O/c29-20-8-7-18(26-12-9-21-15-26)24-28(20)13-16-5-4-10-25(16)14-19-23-22-17-6-2-1-3-11-27(17)19/h7-9,12,15-16H,1-6,10-11,13-14H2. The first-order chi connectivity index (χ1) is 14.3. The molecule has 1 fully saturated rings. The molecule has 2 aliphatic heterocycles. The average Bonchev–Trinajstić information content (AvgIpc) is 3.45. The normalized spacial score (nSPS) is 19.9. The second kappa shape index (κ2) is 7.90. The number of fused-ring (bicyclic) bond motifs is 1. The van der Waals surface area contributed by atoms with Crippen molar-refractivity contribution in [2.75, 3.05) is 6.54 Å². The van der Waals surface area contributed by atoms with Crippen LogP contribution in [-0.4, -0.2) is 51.6 Å². The van der Waals surface area contributed by atoms with Gasteiger partial charge in [-0.3, -0.25) is 14.3 Å². The maximum Gasteiger partial charge on any atom is 0.266 e. The second-order valence-corrected chi connectivity index (χ2v) is 7.94. The zero-order valence-corrected chi connectivity index (χ0v) is 16.5. The minimum absolute atomic E-state index is 0.0722. The SMILES string of the molecule is O=c1ccc(-n2ccnc2)nn1CC1CCCN1Cc1nnc2n1CCCCC2. The molecule has 2 aliphatic rings. The first-order valence-electron chi connectivity index (χ1n) is 10.5. The number of aromatic nitrogens is 7. The van der Waals surface area contributed by atoms with E-state index in [-0.39, 0.29) is 11.6 Å². The van der Waals surface area contributed by atoms with E-state index in [0.717, 1.165) is 50.5 Å². The van der Waals surface area contributed by atoms with Crippen molar-refractivity contribution in [1.82, 2.24) is 39.0 Å². The summed E-state index contributed by atoms with van der Waals surface area (Å²) in [5, 5.41) is 13.5. The van der Waals surface area contributed by atoms with Crippen LogP contribution in [0.5, 0.6) is 0 Å². The summed E-state index contributed by atoms with van der Waals surface area (Å²) in [6.07, 6.45) is 12.1. The molecule has 29 heavy (non-hydrogen) atoms. The lowest BCUT2D eigenvalue weighted by atomic mass is 10.2. The van der Waals surface area contributed by atoms with Gasteiger partial charge in [-0.1, -0.05) is 6.42 Å². The van der Waals surface area contributed by atoms with Crippen LogP contribution < -0.4 is 5.56 Å². The third-order valence-electron chi connectivity index (χ3n) is 6.03. The van der Waals surface area contributed by atoms with E-state index in [1.54, 1.807) is 29.3 Å². The number of hydrogen-bond donors (Lipinski definition) is 0. The summed E-state index contributed by atoms with van der Waals surface area (Å²) in [5.41, 5.74) is -0.0722. The summed E-state index contributed by atoms with van der Waals surface area (Å²) in [6.45, 7) is 3.41. The Morgan fingerprint density at radius 3 is 2.93 bits per heavy atom. The predicted octanol–water partition coefficient (Wildman–Crippen LogP) is 1.41. The van der Waals surface area contributed by atoms with Gasteiger partial charge in [0.05, 0.1) is 13.1 Å². The van der Waals surface area contributed by atoms with E-state index in [0.29, 0.717) is 12.4 Å². The molecule has 3 aromatic rings. The van der Waals surface area contributed by atoms with Crippen molar-refractivity contribution < 1.29 is 0 Å². The number of nitrogens with zero attached hydrogens (tertiary/aromatic N) is 8. The topological polar surface area (TPSA) is 86.7 Å². The quantitative estimate of drug-likeness (QED) is 0.650. The van der Waals surface area contributed by atoms with Gasteiger partial charge in [0, 0.05) is 37.5 Å². The van der Waals surface area contributed by atoms with Gasteiger partial charge in [0.1, 0.15) is 18.0 Å². The van der Waals surface area contributed by atoms with Gasteiger partial charge < -0.3 is 4.57 Å². The fourth-order valence-corrected chi connectivity index (χ4v) is 4.45. The Kier molecular flexibility index (Phi) is 4.97. The van der Waals surface area contributed by atoms with Gasteiger partial charge in [0.25, 0.3) is 5.56 Å². The monoisotopic (exact) mass is 394 g/mol. The van der Waals surface area contributed by atoms with E-state index in [1.165, 1.54) is 19.3 Å². The summed E-state index contributed by atoms with van der Waals surface area (Å²) >= 11 is 0. The molecule has 0 N–H and O–H groups in total. The minimum Gasteiger partial charge on any atom is -0.314 e. The van der Waals surface area contributed by atoms with Crippen LogP contribution in [0.3, 0.4) is 0 Å². The van der Waals surface area contributed by atoms with Gasteiger partial charge in [-0.2, -0.15) is 5.10 Å². The van der Waals surface area contributed by atoms with Crippen molar-refractivity contribution in [1.29, 1.82) is 0 Å². The molecule has 9 nitrogen and oxygen atoms in total. The maximum absolute atomic E-state index is 12.4. The third-order valence-corrected chi connectivity index (χ3v) is 6.03. The highest BCUT2D eigenvalue weighted by Gasteiger charge is 2.28. The molecular weight excluding hydrogens is 368 g/mol. The number of likely N-dealkylation sites (tertiary alicyclic amines) is 1. The Labute approximate surface area is 169 Å². The molecule has 9 heteroatoms. The first-order valence-corrected chi connectivity index (χ1v) is 10.5. The van der Waals surface area contributed by atoms with Gasteiger partial charge in [-0.15, -0.1) is 10.2 Å². The van der Waals surface area contributed by atoms with Crippen LogP contribution in [0.15, 0.2) is 35.6 Å². The van der Waals surface area contributed by atoms with E-state index in [9.17, 15) is 4.79 Å². The summed E-state index contributed by atoms with van der Waals surface area (Å²) in [4.78, 5) is 18.9. The zero-order valence-electron chi connectivity index (χ0n) is 16.5. The Bertz CT molecular complexity index is 1020. The summed E-state index contributed by atoms with van der Waals surface area (Å²) < 4.78 is 5.71. The summed E-state index contributed by atoms with van der Waals surface area (Å²) in [5.74, 6) is 2.88. The molecule has 1 saturated heterocycles. The highest BCUT2D eigenvalue weighted by atomic mass is 16.1. The Morgan fingerprint density at radius 1 is 1.07 bits per heavy atom. The highest BCUT2D eigenvalue weighted by Crippen LogP contribution is 2.22. The molecule has 0 saturated carbocycles. The van der Waals surface area contributed by atoms with Crippen LogP contribution in [-0.2, 0) is 26.1 Å². The van der Waals surface area contributed by atoms with Gasteiger partial charge in [-0.25, -0.2) is 9.67 Å². The molecule has 5 rings (SSSR count). The fourth-order valence-electron chi connectivity index (χ4n) is 4.45. The van der Waals surface area contributed by atoms with Gasteiger partial charge in [-0.05, 0) is 38.3 Å². The summed E-state index contributed by atoms with van der Waals surface area (Å²) in [7, 11) is 0. The van der Waals surface area contributed by atoms with E-state index >= 15 is 0 Å². The first kappa shape index (κ1) is 18.2. The van der Waals surface area contributed by atoms with E-state index in [2.05, 4.69) is 29.7 Å². The van der Waals surface area contributed by atoms with Crippen LogP contribution in [0.1, 0.15) is 43.8 Å². The molecule has 1 atom stereocenters. The average molecular weight is 394 g/mol. The van der Waals surface area contributed by atoms with E-state index in [1.807, 2.05) is 10.8 Å². The smallest absolute Gasteiger partial charge is 0.266 e. The van der Waals surface area contributed by atoms with Crippen molar-refractivity contribution in [3.63, 3.8) is 0 Å². The molecule has 5 heterocycles. The van der Waals surface area contributed by atoms with Crippen LogP contribution in [0.25, 0.3) is 5.82 Å². The third kappa shape index (κ3) is 3.74. The van der Waals surface area contributed by atoms with Crippen molar-refractivity contribution >= 4 is 0 Å². The largest absolute Gasteiger partial charge is 0.314 e. The van der Waals surface area contributed by atoms with Gasteiger partial charge in [0.15, 0.2) is 5.82 Å². The van der Waals surface area contributed by atoms with Crippen molar-refractivity contribution in [2.24, 2.45) is 0 Å². The molecule has 152 valence electrons. The molecule has 0 aliphatic carbocycles. The van der Waals surface area contributed by atoms with Gasteiger partial charge >= 0.3 is 0 Å². The van der Waals surface area contributed by atoms with Crippen LogP contribution >= 0.6 is 0 Å². The number of rotatable bonds is 5. The molecule has 0 amide bonds. The van der Waals surface area contributed by atoms with Crippen molar-refractivity contribution in [2.45, 2.75) is 64.2 Å². The van der Waals surface area contributed by atoms with Crippen LogP contribution in [0.2, 0.25) is 0 Å². The van der Waals surface area contributed by atoms with E-state index in [4.69, 9.17) is 0 Å². The number of imidazole rings is 1. The zero-order chi connectivity index (χ0) is 19.6. The fraction of sp³-hybridized carbons (Fsp3) is 0.550. The Morgan fingerprint density at radius 2 is 2.03 bits per heavy atom. The molecule has 0 spiro atoms. The van der Waals surface area contributed by atoms with Crippen molar-refractivity contribution in [3.8, 4) is 5.82 Å². The molecular formula is C20H26N8O. The predicted molar refractivity (Wildman–Crippen MR) is 107 cm³/mol. The lowest BCUT2D eigenvalue weighted by Crippen LogP contribution is -2.37. The Balaban J connectivity index is 1.34. The van der Waals surface area contributed by atoms with Crippen LogP contribution in [0.4, 0.5) is 0 Å². The van der Waals surface area contributed by atoms with Gasteiger partial charge in [0.2, 0.25) is 0 Å². The minimum atomic E-state index is -0.0722. The highest BCUT2D eigenvalue weighted by molar-refractivity contribution is 5.19. The molecule has 0 radical (unpaired) electrons. The van der Waals surface area contributed by atoms with E-state index < -0.39 is 0 Å². The second-order valence-electron chi connectivity index (χ2n) is 7.94. The number of aryl methyl sites for hydroxylation is 1. The van der Waals surface area contributed by atoms with Crippen LogP contribution in [0, 0.1) is 0 Å². The lowest BCUT2D eigenvalue weighted by molar-refractivity contribution is 0.208. The molecule has 3 aromatic heterocycles.